The highest BCUT2D eigenvalue weighted by Crippen LogP contribution is 2.60. The van der Waals surface area contributed by atoms with Crippen molar-refractivity contribution in [2.24, 2.45) is 28.6 Å². The quantitative estimate of drug-likeness (QED) is 0.442. The molecule has 158 valence electrons. The minimum atomic E-state index is -0.763. The Bertz CT molecular complexity index is 656. The van der Waals surface area contributed by atoms with Gasteiger partial charge in [0.15, 0.2) is 0 Å². The van der Waals surface area contributed by atoms with E-state index in [-0.39, 0.29) is 28.6 Å². The molecular formula is C24H38O4. The van der Waals surface area contributed by atoms with Crippen molar-refractivity contribution in [2.75, 3.05) is 6.61 Å². The van der Waals surface area contributed by atoms with Gasteiger partial charge in [-0.25, -0.2) is 4.79 Å². The van der Waals surface area contributed by atoms with Crippen LogP contribution in [-0.4, -0.2) is 23.7 Å². The molecule has 3 unspecified atom stereocenters. The van der Waals surface area contributed by atoms with Gasteiger partial charge in [0.2, 0.25) is 0 Å². The first-order chi connectivity index (χ1) is 13.0. The molecule has 0 amide bonds. The van der Waals surface area contributed by atoms with Crippen LogP contribution < -0.4 is 0 Å². The summed E-state index contributed by atoms with van der Waals surface area (Å²) in [5, 5.41) is 9.82. The third-order valence-corrected chi connectivity index (χ3v) is 7.22. The number of carbonyl (C=O) groups is 2. The number of esters is 1. The van der Waals surface area contributed by atoms with Crippen LogP contribution in [0.3, 0.4) is 0 Å². The molecule has 4 heteroatoms. The molecule has 0 aromatic rings. The molecule has 0 heterocycles. The van der Waals surface area contributed by atoms with E-state index in [1.165, 1.54) is 12.8 Å². The SMILES string of the molecule is CC(=CCOC(=O)C(C)C)CCC1C(C(=O)O)=CCC2C(C)(C)CCCC12C. The Morgan fingerprint density at radius 2 is 1.96 bits per heavy atom. The maximum atomic E-state index is 12.0. The summed E-state index contributed by atoms with van der Waals surface area (Å²) >= 11 is 0. The molecule has 1 saturated carbocycles. The second kappa shape index (κ2) is 8.84. The molecule has 4 nitrogen and oxygen atoms in total. The Kier molecular flexibility index (Phi) is 7.17. The Morgan fingerprint density at radius 3 is 2.57 bits per heavy atom. The van der Waals surface area contributed by atoms with Gasteiger partial charge in [-0.3, -0.25) is 4.79 Å². The Balaban J connectivity index is 2.12. The predicted molar refractivity (Wildman–Crippen MR) is 112 cm³/mol. The summed E-state index contributed by atoms with van der Waals surface area (Å²) in [6.45, 7) is 13.0. The van der Waals surface area contributed by atoms with Crippen LogP contribution in [0.2, 0.25) is 0 Å². The van der Waals surface area contributed by atoms with Crippen molar-refractivity contribution in [3.8, 4) is 0 Å². The van der Waals surface area contributed by atoms with E-state index in [0.29, 0.717) is 18.1 Å². The Morgan fingerprint density at radius 1 is 1.29 bits per heavy atom. The molecule has 1 fully saturated rings. The van der Waals surface area contributed by atoms with Gasteiger partial charge >= 0.3 is 11.9 Å². The van der Waals surface area contributed by atoms with E-state index in [4.69, 9.17) is 4.74 Å². The maximum absolute atomic E-state index is 12.0. The summed E-state index contributed by atoms with van der Waals surface area (Å²) < 4.78 is 5.24. The zero-order chi connectivity index (χ0) is 21.1. The molecular weight excluding hydrogens is 352 g/mol. The molecule has 0 saturated heterocycles. The van der Waals surface area contributed by atoms with E-state index in [2.05, 4.69) is 20.8 Å². The third-order valence-electron chi connectivity index (χ3n) is 7.22. The Hall–Kier alpha value is -1.58. The van der Waals surface area contributed by atoms with Crippen molar-refractivity contribution >= 4 is 11.9 Å². The topological polar surface area (TPSA) is 63.6 Å². The molecule has 0 bridgehead atoms. The number of fused-ring (bicyclic) bond motifs is 1. The molecule has 3 atom stereocenters. The molecule has 2 aliphatic carbocycles. The van der Waals surface area contributed by atoms with Crippen LogP contribution in [0.15, 0.2) is 23.3 Å². The lowest BCUT2D eigenvalue weighted by molar-refractivity contribution is -0.146. The van der Waals surface area contributed by atoms with E-state index >= 15 is 0 Å². The lowest BCUT2D eigenvalue weighted by Crippen LogP contribution is -2.49. The van der Waals surface area contributed by atoms with Crippen molar-refractivity contribution in [1.82, 2.24) is 0 Å². The summed E-state index contributed by atoms with van der Waals surface area (Å²) in [6.07, 6.45) is 9.99. The summed E-state index contributed by atoms with van der Waals surface area (Å²) in [7, 11) is 0. The minimum Gasteiger partial charge on any atom is -0.478 e. The number of rotatable bonds is 7. The van der Waals surface area contributed by atoms with Crippen LogP contribution in [0, 0.1) is 28.6 Å². The zero-order valence-electron chi connectivity index (χ0n) is 18.5. The molecule has 0 aromatic heterocycles. The number of carboxylic acid groups (broad SMARTS) is 1. The number of hydrogen-bond donors (Lipinski definition) is 1. The average molecular weight is 391 g/mol. The van der Waals surface area contributed by atoms with E-state index < -0.39 is 5.97 Å². The average Bonchev–Trinajstić information content (AvgIpc) is 2.58. The molecule has 0 aromatic carbocycles. The highest BCUT2D eigenvalue weighted by Gasteiger charge is 2.53. The van der Waals surface area contributed by atoms with Gasteiger partial charge in [-0.2, -0.15) is 0 Å². The summed E-state index contributed by atoms with van der Waals surface area (Å²) in [6, 6.07) is 0. The van der Waals surface area contributed by atoms with E-state index in [0.717, 1.165) is 31.3 Å². The highest BCUT2D eigenvalue weighted by atomic mass is 16.5. The number of aliphatic carboxylic acids is 1. The Labute approximate surface area is 170 Å². The van der Waals surface area contributed by atoms with Gasteiger partial charge < -0.3 is 9.84 Å². The molecule has 2 aliphatic rings. The van der Waals surface area contributed by atoms with Crippen molar-refractivity contribution in [3.05, 3.63) is 23.3 Å². The highest BCUT2D eigenvalue weighted by molar-refractivity contribution is 5.87. The van der Waals surface area contributed by atoms with Gasteiger partial charge in [0.05, 0.1) is 5.92 Å². The summed E-state index contributed by atoms with van der Waals surface area (Å²) in [5.41, 5.74) is 2.05. The fourth-order valence-electron chi connectivity index (χ4n) is 5.54. The first-order valence-corrected chi connectivity index (χ1v) is 10.7. The van der Waals surface area contributed by atoms with Gasteiger partial charge in [0.1, 0.15) is 6.61 Å². The minimum absolute atomic E-state index is 0.0363. The first kappa shape index (κ1) is 22.7. The van der Waals surface area contributed by atoms with Crippen molar-refractivity contribution in [1.29, 1.82) is 0 Å². The van der Waals surface area contributed by atoms with E-state index in [1.807, 2.05) is 32.9 Å². The molecule has 2 rings (SSSR count). The molecule has 28 heavy (non-hydrogen) atoms. The number of ether oxygens (including phenoxy) is 1. The monoisotopic (exact) mass is 390 g/mol. The molecule has 1 N–H and O–H groups in total. The van der Waals surface area contributed by atoms with Crippen LogP contribution >= 0.6 is 0 Å². The van der Waals surface area contributed by atoms with Crippen LogP contribution in [0.4, 0.5) is 0 Å². The van der Waals surface area contributed by atoms with Gasteiger partial charge in [0, 0.05) is 5.57 Å². The van der Waals surface area contributed by atoms with Gasteiger partial charge in [-0.1, -0.05) is 52.7 Å². The normalized spacial score (nSPS) is 29.8. The van der Waals surface area contributed by atoms with Crippen LogP contribution in [0.25, 0.3) is 0 Å². The summed E-state index contributed by atoms with van der Waals surface area (Å²) in [5.74, 6) is -0.471. The predicted octanol–water partition coefficient (Wildman–Crippen LogP) is 5.78. The van der Waals surface area contributed by atoms with E-state index in [1.54, 1.807) is 0 Å². The van der Waals surface area contributed by atoms with Gasteiger partial charge in [0.25, 0.3) is 0 Å². The first-order valence-electron chi connectivity index (χ1n) is 10.7. The second-order valence-electron chi connectivity index (χ2n) is 10.0. The molecule has 0 spiro atoms. The lowest BCUT2D eigenvalue weighted by Gasteiger charge is -2.56. The number of allylic oxidation sites excluding steroid dienone is 2. The number of carboxylic acids is 1. The van der Waals surface area contributed by atoms with E-state index in [9.17, 15) is 14.7 Å². The van der Waals surface area contributed by atoms with Crippen LogP contribution in [0.5, 0.6) is 0 Å². The fraction of sp³-hybridized carbons (Fsp3) is 0.750. The second-order valence-corrected chi connectivity index (χ2v) is 10.0. The van der Waals surface area contributed by atoms with Crippen molar-refractivity contribution in [2.45, 2.75) is 80.1 Å². The number of hydrogen-bond acceptors (Lipinski definition) is 3. The fourth-order valence-corrected chi connectivity index (χ4v) is 5.54. The standard InChI is InChI=1S/C24H38O4/c1-16(2)22(27)28-15-12-17(3)8-10-19-18(21(25)26)9-11-20-23(4,5)13-7-14-24(19,20)6/h9,12,16,19-20H,7-8,10-11,13-15H2,1-6H3,(H,25,26). The number of carbonyl (C=O) groups excluding carboxylic acids is 1. The largest absolute Gasteiger partial charge is 0.478 e. The smallest absolute Gasteiger partial charge is 0.331 e. The molecule has 0 aliphatic heterocycles. The van der Waals surface area contributed by atoms with Gasteiger partial charge in [-0.05, 0) is 67.8 Å². The van der Waals surface area contributed by atoms with Gasteiger partial charge in [-0.15, -0.1) is 0 Å². The summed E-state index contributed by atoms with van der Waals surface area (Å²) in [4.78, 5) is 23.5. The van der Waals surface area contributed by atoms with Crippen molar-refractivity contribution < 1.29 is 19.4 Å². The van der Waals surface area contributed by atoms with Crippen molar-refractivity contribution in [3.63, 3.8) is 0 Å². The lowest BCUT2D eigenvalue weighted by atomic mass is 9.48. The zero-order valence-corrected chi connectivity index (χ0v) is 18.5. The maximum Gasteiger partial charge on any atom is 0.331 e. The third kappa shape index (κ3) is 4.87. The van der Waals surface area contributed by atoms with Crippen LogP contribution in [-0.2, 0) is 14.3 Å². The van der Waals surface area contributed by atoms with Crippen LogP contribution in [0.1, 0.15) is 80.1 Å². The molecule has 0 radical (unpaired) electrons.